The van der Waals surface area contributed by atoms with Crippen LogP contribution in [-0.2, 0) is 6.42 Å². The summed E-state index contributed by atoms with van der Waals surface area (Å²) in [7, 11) is 0. The molecule has 1 nitrogen and oxygen atoms in total. The van der Waals surface area contributed by atoms with Gasteiger partial charge >= 0.3 is 0 Å². The lowest BCUT2D eigenvalue weighted by Crippen LogP contribution is -2.26. The topological polar surface area (TPSA) is 20.2 Å². The first kappa shape index (κ1) is 10.2. The molecular weight excluding hydrogens is 192 g/mol. The Hall–Kier alpha value is -0.340. The maximum absolute atomic E-state index is 10.1. The molecule has 1 aliphatic rings. The molecular formula is C12H18OS. The van der Waals surface area contributed by atoms with E-state index < -0.39 is 0 Å². The van der Waals surface area contributed by atoms with Crippen molar-refractivity contribution in [2.45, 2.75) is 45.1 Å². The smallest absolute Gasteiger partial charge is 0.0631 e. The van der Waals surface area contributed by atoms with Gasteiger partial charge in [-0.3, -0.25) is 0 Å². The first-order valence-electron chi connectivity index (χ1n) is 5.44. The zero-order valence-corrected chi connectivity index (χ0v) is 9.68. The predicted octanol–water partition coefficient (Wildman–Crippen LogP) is 3.18. The highest BCUT2D eigenvalue weighted by Crippen LogP contribution is 2.38. The minimum atomic E-state index is -0.163. The fourth-order valence-electron chi connectivity index (χ4n) is 2.34. The molecule has 1 N–H and O–H groups in total. The second-order valence-corrected chi connectivity index (χ2v) is 5.53. The van der Waals surface area contributed by atoms with Gasteiger partial charge in [0.2, 0.25) is 0 Å². The summed E-state index contributed by atoms with van der Waals surface area (Å²) >= 11 is 1.85. The Morgan fingerprint density at radius 2 is 2.29 bits per heavy atom. The van der Waals surface area contributed by atoms with Crippen molar-refractivity contribution in [3.8, 4) is 0 Å². The molecule has 2 atom stereocenters. The van der Waals surface area contributed by atoms with Gasteiger partial charge in [-0.1, -0.05) is 13.8 Å². The van der Waals surface area contributed by atoms with E-state index in [0.29, 0.717) is 11.8 Å². The highest BCUT2D eigenvalue weighted by atomic mass is 32.1. The molecule has 1 aromatic heterocycles. The van der Waals surface area contributed by atoms with E-state index in [1.165, 1.54) is 23.3 Å². The maximum Gasteiger partial charge on any atom is 0.0631 e. The highest BCUT2D eigenvalue weighted by molar-refractivity contribution is 7.10. The zero-order chi connectivity index (χ0) is 10.1. The monoisotopic (exact) mass is 210 g/mol. The molecule has 1 aliphatic carbocycles. The fourth-order valence-corrected chi connectivity index (χ4v) is 3.34. The maximum atomic E-state index is 10.1. The molecule has 0 fully saturated rings. The standard InChI is InChI=1S/C12H18OS/c1-8(2)12(13)10-4-3-5-11-9(10)6-7-14-11/h6-8,10,12-13H,3-5H2,1-2H3. The quantitative estimate of drug-likeness (QED) is 0.795. The zero-order valence-electron chi connectivity index (χ0n) is 8.86. The van der Waals surface area contributed by atoms with Gasteiger partial charge in [0, 0.05) is 10.8 Å². The molecule has 2 unspecified atom stereocenters. The third-order valence-electron chi connectivity index (χ3n) is 3.19. The van der Waals surface area contributed by atoms with Crippen molar-refractivity contribution in [2.24, 2.45) is 5.92 Å². The van der Waals surface area contributed by atoms with Gasteiger partial charge < -0.3 is 5.11 Å². The predicted molar refractivity (Wildman–Crippen MR) is 60.8 cm³/mol. The summed E-state index contributed by atoms with van der Waals surface area (Å²) < 4.78 is 0. The second kappa shape index (κ2) is 4.03. The van der Waals surface area contributed by atoms with Crippen LogP contribution in [0.1, 0.15) is 43.0 Å². The average molecular weight is 210 g/mol. The van der Waals surface area contributed by atoms with Crippen LogP contribution in [0.4, 0.5) is 0 Å². The van der Waals surface area contributed by atoms with E-state index in [1.807, 2.05) is 11.3 Å². The molecule has 0 bridgehead atoms. The van der Waals surface area contributed by atoms with Crippen molar-refractivity contribution in [3.05, 3.63) is 21.9 Å². The van der Waals surface area contributed by atoms with Crippen molar-refractivity contribution in [1.82, 2.24) is 0 Å². The number of aryl methyl sites for hydroxylation is 1. The fraction of sp³-hybridized carbons (Fsp3) is 0.667. The van der Waals surface area contributed by atoms with Crippen molar-refractivity contribution in [3.63, 3.8) is 0 Å². The van der Waals surface area contributed by atoms with Gasteiger partial charge in [-0.15, -0.1) is 11.3 Å². The highest BCUT2D eigenvalue weighted by Gasteiger charge is 2.28. The SMILES string of the molecule is CC(C)C(O)C1CCCc2sccc21. The Bertz CT molecular complexity index is 303. The van der Waals surface area contributed by atoms with E-state index in [4.69, 9.17) is 0 Å². The number of thiophene rings is 1. The van der Waals surface area contributed by atoms with Gasteiger partial charge in [0.05, 0.1) is 6.10 Å². The van der Waals surface area contributed by atoms with Crippen molar-refractivity contribution >= 4 is 11.3 Å². The lowest BCUT2D eigenvalue weighted by Gasteiger charge is -2.29. The molecule has 0 aliphatic heterocycles. The first-order valence-corrected chi connectivity index (χ1v) is 6.32. The minimum Gasteiger partial charge on any atom is -0.392 e. The Kier molecular flexibility index (Phi) is 2.93. The van der Waals surface area contributed by atoms with Crippen LogP contribution in [0.15, 0.2) is 11.4 Å². The van der Waals surface area contributed by atoms with Gasteiger partial charge in [0.15, 0.2) is 0 Å². The van der Waals surface area contributed by atoms with Crippen molar-refractivity contribution < 1.29 is 5.11 Å². The summed E-state index contributed by atoms with van der Waals surface area (Å²) in [6.45, 7) is 4.20. The van der Waals surface area contributed by atoms with Gasteiger partial charge in [0.25, 0.3) is 0 Å². The van der Waals surface area contributed by atoms with Gasteiger partial charge in [-0.2, -0.15) is 0 Å². The van der Waals surface area contributed by atoms with Crippen molar-refractivity contribution in [2.75, 3.05) is 0 Å². The lowest BCUT2D eigenvalue weighted by molar-refractivity contribution is 0.0896. The molecule has 2 heteroatoms. The summed E-state index contributed by atoms with van der Waals surface area (Å²) in [6.07, 6.45) is 3.45. The number of aliphatic hydroxyl groups excluding tert-OH is 1. The van der Waals surface area contributed by atoms with Crippen molar-refractivity contribution in [1.29, 1.82) is 0 Å². The molecule has 14 heavy (non-hydrogen) atoms. The summed E-state index contributed by atoms with van der Waals surface area (Å²) in [5, 5.41) is 12.3. The molecule has 0 saturated heterocycles. The van der Waals surface area contributed by atoms with E-state index in [9.17, 15) is 5.11 Å². The molecule has 0 amide bonds. The third-order valence-corrected chi connectivity index (χ3v) is 4.19. The van der Waals surface area contributed by atoms with E-state index >= 15 is 0 Å². The lowest BCUT2D eigenvalue weighted by atomic mass is 9.80. The van der Waals surface area contributed by atoms with Crippen LogP contribution in [-0.4, -0.2) is 11.2 Å². The molecule has 2 rings (SSSR count). The molecule has 78 valence electrons. The van der Waals surface area contributed by atoms with Crippen LogP contribution < -0.4 is 0 Å². The first-order chi connectivity index (χ1) is 6.70. The Balaban J connectivity index is 2.23. The van der Waals surface area contributed by atoms with Gasteiger partial charge in [0.1, 0.15) is 0 Å². The van der Waals surface area contributed by atoms with Gasteiger partial charge in [-0.05, 0) is 42.2 Å². The molecule has 0 aromatic carbocycles. The van der Waals surface area contributed by atoms with Gasteiger partial charge in [-0.25, -0.2) is 0 Å². The van der Waals surface area contributed by atoms with E-state index in [-0.39, 0.29) is 6.10 Å². The minimum absolute atomic E-state index is 0.163. The number of aliphatic hydroxyl groups is 1. The molecule has 0 radical (unpaired) electrons. The van der Waals surface area contributed by atoms with Crippen LogP contribution in [0.3, 0.4) is 0 Å². The van der Waals surface area contributed by atoms with E-state index in [0.717, 1.165) is 6.42 Å². The van der Waals surface area contributed by atoms with Crippen LogP contribution >= 0.6 is 11.3 Å². The number of fused-ring (bicyclic) bond motifs is 1. The summed E-state index contributed by atoms with van der Waals surface area (Å²) in [6, 6.07) is 2.20. The number of hydrogen-bond acceptors (Lipinski definition) is 2. The summed E-state index contributed by atoms with van der Waals surface area (Å²) in [5.74, 6) is 0.760. The Morgan fingerprint density at radius 3 is 3.00 bits per heavy atom. The molecule has 1 heterocycles. The van der Waals surface area contributed by atoms with E-state index in [1.54, 1.807) is 0 Å². The van der Waals surface area contributed by atoms with Crippen LogP contribution in [0.25, 0.3) is 0 Å². The Morgan fingerprint density at radius 1 is 1.50 bits per heavy atom. The molecule has 0 saturated carbocycles. The largest absolute Gasteiger partial charge is 0.392 e. The number of rotatable bonds is 2. The van der Waals surface area contributed by atoms with Crippen LogP contribution in [0.5, 0.6) is 0 Å². The second-order valence-electron chi connectivity index (χ2n) is 4.53. The average Bonchev–Trinajstić information content (AvgIpc) is 2.63. The van der Waals surface area contributed by atoms with E-state index in [2.05, 4.69) is 25.3 Å². The Labute approximate surface area is 89.8 Å². The molecule has 1 aromatic rings. The number of hydrogen-bond donors (Lipinski definition) is 1. The summed E-state index contributed by atoms with van der Waals surface area (Å²) in [5.41, 5.74) is 1.42. The normalized spacial score (nSPS) is 23.6. The molecule has 0 spiro atoms. The van der Waals surface area contributed by atoms with Crippen LogP contribution in [0, 0.1) is 5.92 Å². The summed E-state index contributed by atoms with van der Waals surface area (Å²) in [4.78, 5) is 1.50. The van der Waals surface area contributed by atoms with Crippen LogP contribution in [0.2, 0.25) is 0 Å². The third kappa shape index (κ3) is 1.73.